The second-order valence-corrected chi connectivity index (χ2v) is 44.0. The van der Waals surface area contributed by atoms with E-state index < -0.39 is 37.6 Å². The molecule has 6 aliphatic carbocycles. The molecular weight excluding hydrogens is 686 g/mol. The molecule has 0 unspecified atom stereocenters. The molecule has 0 atom stereocenters. The van der Waals surface area contributed by atoms with E-state index in [0.717, 1.165) is 23.6 Å². The molecule has 0 bridgehead atoms. The fraction of sp³-hybridized carbons (Fsp3) is 1.00. The van der Waals surface area contributed by atoms with Crippen LogP contribution >= 0.6 is 0 Å². The van der Waals surface area contributed by atoms with Crippen molar-refractivity contribution >= 4 is 37.6 Å². The van der Waals surface area contributed by atoms with Crippen molar-refractivity contribution in [2.24, 2.45) is 0 Å². The topological polar surface area (TPSA) is 9.23 Å². The first kappa shape index (κ1) is 30.6. The Labute approximate surface area is 253 Å². The van der Waals surface area contributed by atoms with Crippen LogP contribution in [0.25, 0.3) is 0 Å². The molecule has 224 valence electrons. The fourth-order valence-electron chi connectivity index (χ4n) is 12.1. The molecule has 0 amide bonds. The maximum absolute atomic E-state index is 9.28. The standard InChI is InChI=1S/6C6H11.O.2Sn/c6*1-2-4-6-5-3-1;;;/h6*1H,2-6H2;;;. The molecule has 0 spiro atoms. The van der Waals surface area contributed by atoms with Crippen LogP contribution in [0.4, 0.5) is 0 Å². The average Bonchev–Trinajstić information content (AvgIpc) is 3.04. The van der Waals surface area contributed by atoms with Gasteiger partial charge in [0.05, 0.1) is 0 Å². The van der Waals surface area contributed by atoms with Gasteiger partial charge in [0.25, 0.3) is 0 Å². The quantitative estimate of drug-likeness (QED) is 0.224. The molecule has 0 aliphatic heterocycles. The molecule has 6 aliphatic rings. The molecule has 0 aromatic heterocycles. The summed E-state index contributed by atoms with van der Waals surface area (Å²) in [6, 6.07) is 0. The van der Waals surface area contributed by atoms with E-state index in [4.69, 9.17) is 0 Å². The summed E-state index contributed by atoms with van der Waals surface area (Å²) in [6.07, 6.45) is 47.3. The van der Waals surface area contributed by atoms with Crippen molar-refractivity contribution in [1.29, 1.82) is 0 Å². The summed E-state index contributed by atoms with van der Waals surface area (Å²) in [5.41, 5.74) is 0. The van der Waals surface area contributed by atoms with E-state index >= 15 is 0 Å². The van der Waals surface area contributed by atoms with Crippen LogP contribution in [0.2, 0.25) is 23.6 Å². The normalized spacial score (nSPS) is 29.5. The van der Waals surface area contributed by atoms with Gasteiger partial charge in [-0.2, -0.15) is 0 Å². The van der Waals surface area contributed by atoms with Crippen molar-refractivity contribution < 1.29 is 1.41 Å². The molecule has 6 fully saturated rings. The van der Waals surface area contributed by atoms with Gasteiger partial charge in [-0.25, -0.2) is 0 Å². The molecule has 1 nitrogen and oxygen atoms in total. The Balaban J connectivity index is 1.49. The predicted molar refractivity (Wildman–Crippen MR) is 174 cm³/mol. The van der Waals surface area contributed by atoms with E-state index in [1.54, 1.807) is 154 Å². The fourth-order valence-corrected chi connectivity index (χ4v) is 81.5. The second kappa shape index (κ2) is 15.0. The van der Waals surface area contributed by atoms with Crippen LogP contribution in [0.3, 0.4) is 0 Å². The first-order valence-corrected chi connectivity index (χ1v) is 31.3. The zero-order valence-electron chi connectivity index (χ0n) is 26.1. The molecule has 0 aromatic carbocycles. The van der Waals surface area contributed by atoms with E-state index in [-0.39, 0.29) is 0 Å². The van der Waals surface area contributed by atoms with Gasteiger partial charge >= 0.3 is 255 Å². The molecule has 0 radical (unpaired) electrons. The van der Waals surface area contributed by atoms with Gasteiger partial charge in [0.15, 0.2) is 0 Å². The molecule has 0 heterocycles. The van der Waals surface area contributed by atoms with Crippen LogP contribution in [-0.2, 0) is 1.41 Å². The summed E-state index contributed by atoms with van der Waals surface area (Å²) in [5, 5.41) is 0. The zero-order valence-corrected chi connectivity index (χ0v) is 31.8. The third kappa shape index (κ3) is 6.66. The third-order valence-corrected chi connectivity index (χ3v) is 61.1. The van der Waals surface area contributed by atoms with Gasteiger partial charge in [0, 0.05) is 0 Å². The van der Waals surface area contributed by atoms with Gasteiger partial charge in [0.2, 0.25) is 0 Å². The van der Waals surface area contributed by atoms with Gasteiger partial charge in [-0.1, -0.05) is 0 Å². The minimum absolute atomic E-state index is 1.12. The summed E-state index contributed by atoms with van der Waals surface area (Å²) in [7, 11) is 0. The summed E-state index contributed by atoms with van der Waals surface area (Å²) >= 11 is -6.01. The first-order valence-electron chi connectivity index (χ1n) is 19.0. The monoisotopic (exact) mass is 754 g/mol. The van der Waals surface area contributed by atoms with Crippen LogP contribution in [-0.4, -0.2) is 37.6 Å². The Bertz CT molecular complexity index is 550. The van der Waals surface area contributed by atoms with E-state index in [2.05, 4.69) is 0 Å². The van der Waals surface area contributed by atoms with Gasteiger partial charge in [-0.3, -0.25) is 0 Å². The van der Waals surface area contributed by atoms with Crippen molar-refractivity contribution in [3.63, 3.8) is 0 Å². The van der Waals surface area contributed by atoms with Crippen LogP contribution < -0.4 is 0 Å². The summed E-state index contributed by atoms with van der Waals surface area (Å²) in [4.78, 5) is 0. The summed E-state index contributed by atoms with van der Waals surface area (Å²) in [5.74, 6) is 0. The number of hydrogen-bond acceptors (Lipinski definition) is 1. The Morgan fingerprint density at radius 2 is 0.385 bits per heavy atom. The van der Waals surface area contributed by atoms with Crippen molar-refractivity contribution in [3.8, 4) is 0 Å². The van der Waals surface area contributed by atoms with Crippen LogP contribution in [0.1, 0.15) is 193 Å². The Morgan fingerprint density at radius 1 is 0.231 bits per heavy atom. The average molecular weight is 752 g/mol. The van der Waals surface area contributed by atoms with Crippen LogP contribution in [0.15, 0.2) is 0 Å². The third-order valence-electron chi connectivity index (χ3n) is 13.8. The first-order chi connectivity index (χ1) is 19.3. The number of hydrogen-bond donors (Lipinski definition) is 0. The molecule has 0 aromatic rings. The van der Waals surface area contributed by atoms with Crippen molar-refractivity contribution in [1.82, 2.24) is 0 Å². The summed E-state index contributed by atoms with van der Waals surface area (Å²) in [6.45, 7) is 0. The molecule has 3 heteroatoms. The van der Waals surface area contributed by atoms with Gasteiger partial charge in [0.1, 0.15) is 0 Å². The molecule has 39 heavy (non-hydrogen) atoms. The zero-order chi connectivity index (χ0) is 26.4. The van der Waals surface area contributed by atoms with E-state index in [9.17, 15) is 1.41 Å². The molecule has 6 saturated carbocycles. The van der Waals surface area contributed by atoms with Crippen molar-refractivity contribution in [3.05, 3.63) is 0 Å². The molecular formula is C36H66OSn2. The van der Waals surface area contributed by atoms with Gasteiger partial charge in [-0.15, -0.1) is 0 Å². The molecule has 0 saturated heterocycles. The Kier molecular flexibility index (Phi) is 11.8. The van der Waals surface area contributed by atoms with Crippen LogP contribution in [0.5, 0.6) is 0 Å². The van der Waals surface area contributed by atoms with Gasteiger partial charge < -0.3 is 0 Å². The molecule has 0 N–H and O–H groups in total. The Morgan fingerprint density at radius 3 is 0.538 bits per heavy atom. The van der Waals surface area contributed by atoms with E-state index in [1.807, 2.05) is 0 Å². The number of rotatable bonds is 8. The summed E-state index contributed by atoms with van der Waals surface area (Å²) < 4.78 is 16.0. The minimum atomic E-state index is -3.00. The second-order valence-electron chi connectivity index (χ2n) is 15.8. The van der Waals surface area contributed by atoms with E-state index in [1.165, 1.54) is 38.5 Å². The van der Waals surface area contributed by atoms with Crippen LogP contribution in [0, 0.1) is 0 Å². The van der Waals surface area contributed by atoms with E-state index in [0.29, 0.717) is 0 Å². The molecule has 6 rings (SSSR count). The van der Waals surface area contributed by atoms with Crippen molar-refractivity contribution in [2.75, 3.05) is 0 Å². The van der Waals surface area contributed by atoms with Crippen molar-refractivity contribution in [2.45, 2.75) is 216 Å². The maximum atomic E-state index is 9.28. The Hall–Kier alpha value is 1.56. The SMILES string of the molecule is C1CC[CH]([Sn]([O][Sn]([CH]2CCCCC2)([CH]2CCCCC2)[CH]2CCCCC2)([CH]2CCCCC2)[CH]2CCCCC2)CC1. The predicted octanol–water partition coefficient (Wildman–Crippen LogP) is 12.9. The van der Waals surface area contributed by atoms with Gasteiger partial charge in [-0.05, 0) is 0 Å².